The Morgan fingerprint density at radius 1 is 1.14 bits per heavy atom. The number of amides is 3. The minimum absolute atomic E-state index is 0.0503. The molecule has 1 heterocycles. The highest BCUT2D eigenvalue weighted by Crippen LogP contribution is 2.30. The van der Waals surface area contributed by atoms with Crippen molar-refractivity contribution >= 4 is 35.0 Å². The molecule has 0 aliphatic carbocycles. The first-order valence-electron chi connectivity index (χ1n) is 8.51. The average molecular weight is 406 g/mol. The van der Waals surface area contributed by atoms with Crippen molar-refractivity contribution < 1.29 is 23.5 Å². The van der Waals surface area contributed by atoms with Gasteiger partial charge in [0.05, 0.1) is 10.7 Å². The quantitative estimate of drug-likeness (QED) is 0.748. The maximum Gasteiger partial charge on any atom is 0.276 e. The Bertz CT molecular complexity index is 905. The monoisotopic (exact) mass is 405 g/mol. The minimum Gasteiger partial charge on any atom is -0.484 e. The number of carbonyl (C=O) groups excluding carboxylic acids is 3. The molecule has 0 radical (unpaired) electrons. The van der Waals surface area contributed by atoms with Gasteiger partial charge in [-0.05, 0) is 48.9 Å². The fraction of sp³-hybridized carbons (Fsp3) is 0.211. The van der Waals surface area contributed by atoms with E-state index in [-0.39, 0.29) is 18.1 Å². The second-order valence-electron chi connectivity index (χ2n) is 6.06. The lowest BCUT2D eigenvalue weighted by Gasteiger charge is -2.18. The summed E-state index contributed by atoms with van der Waals surface area (Å²) >= 11 is 6.15. The molecule has 3 amide bonds. The molecule has 0 saturated carbocycles. The molecule has 0 bridgehead atoms. The summed E-state index contributed by atoms with van der Waals surface area (Å²) in [6.45, 7) is 0.182. The summed E-state index contributed by atoms with van der Waals surface area (Å²) in [6.07, 6.45) is 1.17. The number of hydrazine groups is 1. The average Bonchev–Trinajstić information content (AvgIpc) is 3.11. The molecule has 0 atom stereocenters. The lowest BCUT2D eigenvalue weighted by Crippen LogP contribution is -2.43. The van der Waals surface area contributed by atoms with Gasteiger partial charge in [0.15, 0.2) is 6.61 Å². The topological polar surface area (TPSA) is 87.7 Å². The van der Waals surface area contributed by atoms with Gasteiger partial charge in [-0.2, -0.15) is 0 Å². The van der Waals surface area contributed by atoms with Crippen molar-refractivity contribution in [1.82, 2.24) is 10.9 Å². The number of nitrogens with one attached hydrogen (secondary N) is 2. The zero-order valence-electron chi connectivity index (χ0n) is 14.7. The van der Waals surface area contributed by atoms with E-state index < -0.39 is 17.6 Å². The molecule has 1 fully saturated rings. The molecule has 1 aliphatic rings. The summed E-state index contributed by atoms with van der Waals surface area (Å²) in [7, 11) is 0. The maximum atomic E-state index is 12.8. The van der Waals surface area contributed by atoms with Gasteiger partial charge < -0.3 is 9.64 Å². The number of ether oxygens (including phenoxy) is 1. The highest BCUT2D eigenvalue weighted by Gasteiger charge is 2.24. The largest absolute Gasteiger partial charge is 0.484 e. The van der Waals surface area contributed by atoms with Gasteiger partial charge in [-0.3, -0.25) is 25.2 Å². The van der Waals surface area contributed by atoms with Crippen LogP contribution >= 0.6 is 11.6 Å². The van der Waals surface area contributed by atoms with Crippen LogP contribution in [0.1, 0.15) is 23.2 Å². The van der Waals surface area contributed by atoms with Gasteiger partial charge in [-0.1, -0.05) is 11.6 Å². The molecular formula is C19H17ClFN3O4. The molecule has 28 heavy (non-hydrogen) atoms. The number of hydrogen-bond donors (Lipinski definition) is 2. The van der Waals surface area contributed by atoms with Gasteiger partial charge in [-0.25, -0.2) is 4.39 Å². The van der Waals surface area contributed by atoms with Crippen LogP contribution in [-0.2, 0) is 9.59 Å². The van der Waals surface area contributed by atoms with Crippen LogP contribution < -0.4 is 20.5 Å². The van der Waals surface area contributed by atoms with E-state index in [4.69, 9.17) is 16.3 Å². The molecule has 1 saturated heterocycles. The zero-order chi connectivity index (χ0) is 20.1. The van der Waals surface area contributed by atoms with E-state index >= 15 is 0 Å². The number of carbonyl (C=O) groups is 3. The van der Waals surface area contributed by atoms with E-state index in [1.165, 1.54) is 47.4 Å². The predicted octanol–water partition coefficient (Wildman–Crippen LogP) is 2.45. The fourth-order valence-electron chi connectivity index (χ4n) is 2.68. The molecule has 2 aromatic rings. The van der Waals surface area contributed by atoms with E-state index in [0.717, 1.165) is 6.42 Å². The molecule has 3 rings (SSSR count). The number of halogens is 2. The molecule has 0 spiro atoms. The summed E-state index contributed by atoms with van der Waals surface area (Å²) < 4.78 is 18.0. The van der Waals surface area contributed by atoms with Crippen LogP contribution in [0.2, 0.25) is 5.02 Å². The van der Waals surface area contributed by atoms with Crippen LogP contribution in [0.15, 0.2) is 42.5 Å². The Balaban J connectivity index is 1.55. The van der Waals surface area contributed by atoms with Crippen molar-refractivity contribution in [2.75, 3.05) is 18.1 Å². The first-order valence-corrected chi connectivity index (χ1v) is 8.89. The van der Waals surface area contributed by atoms with Gasteiger partial charge in [0.25, 0.3) is 11.8 Å². The van der Waals surface area contributed by atoms with Crippen LogP contribution in [0, 0.1) is 5.82 Å². The molecule has 146 valence electrons. The number of nitrogens with zero attached hydrogens (tertiary/aromatic N) is 1. The smallest absolute Gasteiger partial charge is 0.276 e. The third-order valence-corrected chi connectivity index (χ3v) is 4.39. The molecule has 0 unspecified atom stereocenters. The molecule has 1 aliphatic heterocycles. The Morgan fingerprint density at radius 3 is 2.57 bits per heavy atom. The standard InChI is InChI=1S/C19H17ClFN3O4/c20-15-8-3-12(10-16(15)24-9-1-2-18(24)26)19(27)23-22-17(25)11-28-14-6-4-13(21)5-7-14/h3-8,10H,1-2,9,11H2,(H,22,25)(H,23,27). The van der Waals surface area contributed by atoms with E-state index in [1.54, 1.807) is 0 Å². The Hall–Kier alpha value is -3.13. The zero-order valence-corrected chi connectivity index (χ0v) is 15.5. The molecule has 0 aromatic heterocycles. The van der Waals surface area contributed by atoms with Crippen molar-refractivity contribution in [3.05, 3.63) is 58.9 Å². The van der Waals surface area contributed by atoms with Gasteiger partial charge in [-0.15, -0.1) is 0 Å². The van der Waals surface area contributed by atoms with Gasteiger partial charge in [0.1, 0.15) is 11.6 Å². The van der Waals surface area contributed by atoms with Crippen molar-refractivity contribution in [2.45, 2.75) is 12.8 Å². The van der Waals surface area contributed by atoms with E-state index in [1.807, 2.05) is 0 Å². The Kier molecular flexibility index (Phi) is 6.10. The third-order valence-electron chi connectivity index (χ3n) is 4.07. The van der Waals surface area contributed by atoms with E-state index in [0.29, 0.717) is 29.4 Å². The van der Waals surface area contributed by atoms with Crippen LogP contribution in [0.25, 0.3) is 0 Å². The maximum absolute atomic E-state index is 12.8. The lowest BCUT2D eigenvalue weighted by atomic mass is 10.2. The summed E-state index contributed by atoms with van der Waals surface area (Å²) in [5.74, 6) is -1.31. The van der Waals surface area contributed by atoms with Crippen LogP contribution in [0.5, 0.6) is 5.75 Å². The van der Waals surface area contributed by atoms with Crippen molar-refractivity contribution in [3.8, 4) is 5.75 Å². The van der Waals surface area contributed by atoms with Crippen molar-refractivity contribution in [3.63, 3.8) is 0 Å². The van der Waals surface area contributed by atoms with Crippen molar-refractivity contribution in [1.29, 1.82) is 0 Å². The number of hydrogen-bond acceptors (Lipinski definition) is 4. The molecule has 7 nitrogen and oxygen atoms in total. The van der Waals surface area contributed by atoms with Gasteiger partial charge >= 0.3 is 0 Å². The normalized spacial score (nSPS) is 13.4. The molecule has 2 N–H and O–H groups in total. The first-order chi connectivity index (χ1) is 13.4. The molecule has 9 heteroatoms. The highest BCUT2D eigenvalue weighted by atomic mass is 35.5. The second kappa shape index (κ2) is 8.71. The Morgan fingerprint density at radius 2 is 1.89 bits per heavy atom. The van der Waals surface area contributed by atoms with Crippen LogP contribution in [-0.4, -0.2) is 30.9 Å². The summed E-state index contributed by atoms with van der Waals surface area (Å²) in [4.78, 5) is 37.5. The van der Waals surface area contributed by atoms with E-state index in [9.17, 15) is 18.8 Å². The van der Waals surface area contributed by atoms with Crippen LogP contribution in [0.3, 0.4) is 0 Å². The molecule has 2 aromatic carbocycles. The number of benzene rings is 2. The lowest BCUT2D eigenvalue weighted by molar-refractivity contribution is -0.123. The summed E-state index contributed by atoms with van der Waals surface area (Å²) in [6, 6.07) is 9.70. The van der Waals surface area contributed by atoms with Gasteiger partial charge in [0, 0.05) is 18.5 Å². The summed E-state index contributed by atoms with van der Waals surface area (Å²) in [5.41, 5.74) is 5.19. The molecular weight excluding hydrogens is 389 g/mol. The van der Waals surface area contributed by atoms with E-state index in [2.05, 4.69) is 10.9 Å². The fourth-order valence-corrected chi connectivity index (χ4v) is 2.90. The number of anilines is 1. The van der Waals surface area contributed by atoms with Gasteiger partial charge in [0.2, 0.25) is 5.91 Å². The Labute approximate surface area is 165 Å². The second-order valence-corrected chi connectivity index (χ2v) is 6.47. The first kappa shape index (κ1) is 19.6. The predicted molar refractivity (Wildman–Crippen MR) is 101 cm³/mol. The van der Waals surface area contributed by atoms with Crippen molar-refractivity contribution in [2.24, 2.45) is 0 Å². The SMILES string of the molecule is O=C(COc1ccc(F)cc1)NNC(=O)c1ccc(Cl)c(N2CCCC2=O)c1. The highest BCUT2D eigenvalue weighted by molar-refractivity contribution is 6.34. The number of rotatable bonds is 5. The minimum atomic E-state index is -0.596. The van der Waals surface area contributed by atoms with Crippen LogP contribution in [0.4, 0.5) is 10.1 Å². The third kappa shape index (κ3) is 4.77. The summed E-state index contributed by atoms with van der Waals surface area (Å²) in [5, 5.41) is 0.364.